The lowest BCUT2D eigenvalue weighted by Gasteiger charge is -2.49. The van der Waals surface area contributed by atoms with E-state index in [1.807, 2.05) is 52.7 Å². The first-order valence-electron chi connectivity index (χ1n) is 10.9. The van der Waals surface area contributed by atoms with Crippen molar-refractivity contribution in [1.82, 2.24) is 25.2 Å². The van der Waals surface area contributed by atoms with Crippen LogP contribution in [0.15, 0.2) is 54.0 Å². The second-order valence-corrected chi connectivity index (χ2v) is 9.40. The maximum atomic E-state index is 12.8. The zero-order valence-electron chi connectivity index (χ0n) is 17.4. The van der Waals surface area contributed by atoms with Gasteiger partial charge in [-0.2, -0.15) is 0 Å². The van der Waals surface area contributed by atoms with Crippen LogP contribution in [-0.2, 0) is 24.5 Å². The van der Waals surface area contributed by atoms with Crippen LogP contribution in [0.1, 0.15) is 23.4 Å². The number of carbonyl (C=O) groups excluding carboxylic acids is 1. The van der Waals surface area contributed by atoms with Crippen molar-refractivity contribution in [2.75, 3.05) is 13.1 Å². The van der Waals surface area contributed by atoms with Crippen LogP contribution in [0, 0.1) is 11.8 Å². The Morgan fingerprint density at radius 3 is 2.90 bits per heavy atom. The van der Waals surface area contributed by atoms with E-state index in [-0.39, 0.29) is 11.8 Å². The molecule has 2 bridgehead atoms. The smallest absolute Gasteiger partial charge is 0.224 e. The van der Waals surface area contributed by atoms with E-state index in [4.69, 9.17) is 4.74 Å². The van der Waals surface area contributed by atoms with Crippen LogP contribution in [0.5, 0.6) is 5.75 Å². The molecule has 3 saturated heterocycles. The minimum Gasteiger partial charge on any atom is -0.487 e. The standard InChI is InChI=1S/C23H27N5O2S/c29-23(24-12-21-7-4-10-31-21)22-15-27-9-8-17(22)11-19(27)14-28-13-18(25-26-28)16-30-20-5-2-1-3-6-20/h1-7,10,13,17,19,22H,8-9,11-12,14-16H2,(H,24,29)/t17-,19-,22+/m1/s1. The molecule has 0 spiro atoms. The number of ether oxygens (including phenoxy) is 1. The normalized spacial score (nSPS) is 24.8. The van der Waals surface area contributed by atoms with Crippen LogP contribution in [0.2, 0.25) is 0 Å². The maximum Gasteiger partial charge on any atom is 0.224 e. The summed E-state index contributed by atoms with van der Waals surface area (Å²) in [7, 11) is 0. The third-order valence-electron chi connectivity index (χ3n) is 6.35. The van der Waals surface area contributed by atoms with Crippen molar-refractivity contribution in [3.05, 3.63) is 64.6 Å². The van der Waals surface area contributed by atoms with Gasteiger partial charge in [0.25, 0.3) is 0 Å². The van der Waals surface area contributed by atoms with Crippen molar-refractivity contribution in [3.8, 4) is 5.75 Å². The predicted molar refractivity (Wildman–Crippen MR) is 119 cm³/mol. The second-order valence-electron chi connectivity index (χ2n) is 8.37. The molecule has 1 unspecified atom stereocenters. The lowest BCUT2D eigenvalue weighted by atomic mass is 9.75. The highest BCUT2D eigenvalue weighted by Gasteiger charge is 2.43. The number of para-hydroxylation sites is 1. The van der Waals surface area contributed by atoms with Crippen molar-refractivity contribution < 1.29 is 9.53 Å². The van der Waals surface area contributed by atoms with Gasteiger partial charge in [-0.1, -0.05) is 29.5 Å². The SMILES string of the molecule is O=C(NCc1cccs1)[C@H]1CN2CC[C@@H]1C[C@@H]2Cn1cc(COc2ccccc2)nn1. The van der Waals surface area contributed by atoms with E-state index >= 15 is 0 Å². The highest BCUT2D eigenvalue weighted by atomic mass is 32.1. The Hall–Kier alpha value is -2.71. The first kappa shape index (κ1) is 20.2. The third kappa shape index (κ3) is 4.80. The van der Waals surface area contributed by atoms with Crippen LogP contribution >= 0.6 is 11.3 Å². The predicted octanol–water partition coefficient (Wildman–Crippen LogP) is 2.95. The minimum absolute atomic E-state index is 0.0931. The lowest BCUT2D eigenvalue weighted by molar-refractivity contribution is -0.133. The number of hydrogen-bond donors (Lipinski definition) is 1. The Balaban J connectivity index is 1.13. The van der Waals surface area contributed by atoms with Gasteiger partial charge in [0.2, 0.25) is 5.91 Å². The average Bonchev–Trinajstić information content (AvgIpc) is 3.49. The Labute approximate surface area is 186 Å². The maximum absolute atomic E-state index is 12.8. The molecule has 3 aliphatic heterocycles. The molecule has 5 heterocycles. The van der Waals surface area contributed by atoms with Crippen molar-refractivity contribution in [2.45, 2.75) is 38.6 Å². The number of amides is 1. The lowest BCUT2D eigenvalue weighted by Crippen LogP contribution is -2.57. The number of nitrogens with zero attached hydrogens (tertiary/aromatic N) is 4. The first-order chi connectivity index (χ1) is 15.2. The number of thiophene rings is 1. The number of hydrogen-bond acceptors (Lipinski definition) is 6. The van der Waals surface area contributed by atoms with Gasteiger partial charge >= 0.3 is 0 Å². The summed E-state index contributed by atoms with van der Waals surface area (Å²) in [5.74, 6) is 1.57. The van der Waals surface area contributed by atoms with Gasteiger partial charge in [-0.25, -0.2) is 0 Å². The highest BCUT2D eigenvalue weighted by Crippen LogP contribution is 2.37. The number of carbonyl (C=O) groups is 1. The van der Waals surface area contributed by atoms with Gasteiger partial charge in [0.15, 0.2) is 0 Å². The molecule has 1 amide bonds. The van der Waals surface area contributed by atoms with Crippen molar-refractivity contribution in [2.24, 2.45) is 11.8 Å². The molecule has 1 N–H and O–H groups in total. The first-order valence-corrected chi connectivity index (χ1v) is 11.7. The Bertz CT molecular complexity index is 991. The van der Waals surface area contributed by atoms with E-state index in [1.165, 1.54) is 4.88 Å². The fraction of sp³-hybridized carbons (Fsp3) is 0.435. The van der Waals surface area contributed by atoms with E-state index in [2.05, 4.69) is 26.6 Å². The summed E-state index contributed by atoms with van der Waals surface area (Å²) in [5, 5.41) is 13.7. The molecule has 1 aromatic carbocycles. The van der Waals surface area contributed by atoms with Gasteiger partial charge in [-0.05, 0) is 48.9 Å². The fourth-order valence-corrected chi connectivity index (χ4v) is 5.37. The van der Waals surface area contributed by atoms with Crippen LogP contribution in [0.25, 0.3) is 0 Å². The van der Waals surface area contributed by atoms with E-state index < -0.39 is 0 Å². The molecule has 0 saturated carbocycles. The van der Waals surface area contributed by atoms with E-state index in [0.29, 0.717) is 25.1 Å². The molecule has 3 fully saturated rings. The molecule has 0 aliphatic carbocycles. The van der Waals surface area contributed by atoms with E-state index in [1.54, 1.807) is 11.3 Å². The summed E-state index contributed by atoms with van der Waals surface area (Å²) >= 11 is 1.68. The number of fused-ring (bicyclic) bond motifs is 3. The number of piperidine rings is 3. The molecule has 6 rings (SSSR count). The quantitative estimate of drug-likeness (QED) is 0.587. The summed E-state index contributed by atoms with van der Waals surface area (Å²) in [6.07, 6.45) is 4.10. The Morgan fingerprint density at radius 1 is 1.23 bits per heavy atom. The molecular formula is C23H27N5O2S. The molecule has 3 aromatic rings. The molecule has 0 radical (unpaired) electrons. The zero-order chi connectivity index (χ0) is 21.0. The molecule has 7 nitrogen and oxygen atoms in total. The number of aromatic nitrogens is 3. The number of rotatable bonds is 8. The van der Waals surface area contributed by atoms with Crippen LogP contribution in [-0.4, -0.2) is 44.9 Å². The minimum atomic E-state index is 0.0931. The largest absolute Gasteiger partial charge is 0.487 e. The van der Waals surface area contributed by atoms with E-state index in [9.17, 15) is 4.79 Å². The van der Waals surface area contributed by atoms with Gasteiger partial charge in [0.05, 0.1) is 25.2 Å². The Morgan fingerprint density at radius 2 is 2.13 bits per heavy atom. The molecule has 8 heteroatoms. The summed E-state index contributed by atoms with van der Waals surface area (Å²) in [4.78, 5) is 16.4. The Kier molecular flexibility index (Phi) is 5.99. The molecular weight excluding hydrogens is 410 g/mol. The number of benzene rings is 1. The van der Waals surface area contributed by atoms with Gasteiger partial charge < -0.3 is 10.1 Å². The van der Waals surface area contributed by atoms with Crippen molar-refractivity contribution >= 4 is 17.2 Å². The highest BCUT2D eigenvalue weighted by molar-refractivity contribution is 7.09. The summed E-state index contributed by atoms with van der Waals surface area (Å²) in [5.41, 5.74) is 0.825. The van der Waals surface area contributed by atoms with Crippen molar-refractivity contribution in [3.63, 3.8) is 0 Å². The molecule has 2 aromatic heterocycles. The molecule has 162 valence electrons. The monoisotopic (exact) mass is 437 g/mol. The zero-order valence-corrected chi connectivity index (χ0v) is 18.2. The fourth-order valence-electron chi connectivity index (χ4n) is 4.73. The second kappa shape index (κ2) is 9.20. The molecule has 31 heavy (non-hydrogen) atoms. The third-order valence-corrected chi connectivity index (χ3v) is 7.22. The van der Waals surface area contributed by atoms with Crippen LogP contribution < -0.4 is 10.1 Å². The van der Waals surface area contributed by atoms with Crippen LogP contribution in [0.3, 0.4) is 0 Å². The molecule has 3 aliphatic rings. The summed E-state index contributed by atoms with van der Waals surface area (Å²) < 4.78 is 7.68. The average molecular weight is 438 g/mol. The van der Waals surface area contributed by atoms with Crippen LogP contribution in [0.4, 0.5) is 0 Å². The molecule has 4 atom stereocenters. The summed E-state index contributed by atoms with van der Waals surface area (Å²) in [6, 6.07) is 14.2. The van der Waals surface area contributed by atoms with Gasteiger partial charge in [0, 0.05) is 17.5 Å². The summed E-state index contributed by atoms with van der Waals surface area (Å²) in [6.45, 7) is 3.74. The van der Waals surface area contributed by atoms with Crippen molar-refractivity contribution in [1.29, 1.82) is 0 Å². The number of nitrogens with one attached hydrogen (secondary N) is 1. The van der Waals surface area contributed by atoms with E-state index in [0.717, 1.165) is 43.9 Å². The van der Waals surface area contributed by atoms with Gasteiger partial charge in [-0.15, -0.1) is 16.4 Å². The topological polar surface area (TPSA) is 72.3 Å². The van der Waals surface area contributed by atoms with Gasteiger partial charge in [0.1, 0.15) is 18.1 Å². The van der Waals surface area contributed by atoms with Gasteiger partial charge in [-0.3, -0.25) is 14.4 Å².